The molecule has 0 spiro atoms. The van der Waals surface area contributed by atoms with Crippen LogP contribution in [0.1, 0.15) is 27.8 Å². The molecule has 0 aliphatic rings. The molecule has 8 aromatic rings. The predicted molar refractivity (Wildman–Crippen MR) is 184 cm³/mol. The van der Waals surface area contributed by atoms with Crippen LogP contribution in [0.15, 0.2) is 115 Å². The Morgan fingerprint density at radius 2 is 1.04 bits per heavy atom. The molecular weight excluding hydrogens is 591 g/mol. The lowest BCUT2D eigenvalue weighted by Gasteiger charge is -2.22. The van der Waals surface area contributed by atoms with E-state index in [1.54, 1.807) is 13.0 Å². The molecule has 0 bridgehead atoms. The van der Waals surface area contributed by atoms with Gasteiger partial charge in [0.2, 0.25) is 0 Å². The zero-order valence-electron chi connectivity index (χ0n) is 25.9. The zero-order valence-corrected chi connectivity index (χ0v) is 25.9. The minimum atomic E-state index is -4.48. The topological polar surface area (TPSA) is 33.6 Å². The molecular formula is C41H28F3N3. The van der Waals surface area contributed by atoms with E-state index < -0.39 is 11.7 Å². The van der Waals surface area contributed by atoms with Gasteiger partial charge in [0.15, 0.2) is 0 Å². The Balaban J connectivity index is 1.61. The highest BCUT2D eigenvalue weighted by Gasteiger charge is 2.31. The summed E-state index contributed by atoms with van der Waals surface area (Å²) in [6.07, 6.45) is -4.48. The van der Waals surface area contributed by atoms with Gasteiger partial charge >= 0.3 is 6.18 Å². The van der Waals surface area contributed by atoms with Gasteiger partial charge < -0.3 is 9.13 Å². The average Bonchev–Trinajstić information content (AvgIpc) is 3.55. The first-order valence-corrected chi connectivity index (χ1v) is 15.4. The maximum atomic E-state index is 13.9. The Bertz CT molecular complexity index is 2470. The predicted octanol–water partition coefficient (Wildman–Crippen LogP) is 11.4. The summed E-state index contributed by atoms with van der Waals surface area (Å²) in [7, 11) is 0. The van der Waals surface area contributed by atoms with Crippen LogP contribution in [0.25, 0.3) is 66.1 Å². The van der Waals surface area contributed by atoms with Crippen molar-refractivity contribution in [3.05, 3.63) is 143 Å². The third-order valence-corrected chi connectivity index (χ3v) is 9.19. The number of aromatic nitrogens is 2. The van der Waals surface area contributed by atoms with E-state index in [1.807, 2.05) is 50.2 Å². The van der Waals surface area contributed by atoms with Gasteiger partial charge in [-0.3, -0.25) is 0 Å². The molecule has 228 valence electrons. The molecule has 0 fully saturated rings. The molecule has 47 heavy (non-hydrogen) atoms. The minimum absolute atomic E-state index is 0.445. The van der Waals surface area contributed by atoms with E-state index in [-0.39, 0.29) is 0 Å². The summed E-state index contributed by atoms with van der Waals surface area (Å²) in [5, 5.41) is 14.7. The van der Waals surface area contributed by atoms with Crippen LogP contribution in [0.2, 0.25) is 0 Å². The fourth-order valence-electron chi connectivity index (χ4n) is 7.11. The third kappa shape index (κ3) is 4.42. The Kier molecular flexibility index (Phi) is 6.32. The fourth-order valence-corrected chi connectivity index (χ4v) is 7.11. The normalized spacial score (nSPS) is 12.0. The number of hydrogen-bond acceptors (Lipinski definition) is 1. The van der Waals surface area contributed by atoms with Crippen molar-refractivity contribution in [1.29, 1.82) is 5.26 Å². The molecule has 0 saturated carbocycles. The van der Waals surface area contributed by atoms with E-state index in [0.29, 0.717) is 16.7 Å². The van der Waals surface area contributed by atoms with Crippen molar-refractivity contribution in [3.8, 4) is 28.6 Å². The first-order valence-electron chi connectivity index (χ1n) is 15.4. The summed E-state index contributed by atoms with van der Waals surface area (Å²) in [6, 6.07) is 38.9. The second-order valence-corrected chi connectivity index (χ2v) is 12.3. The lowest BCUT2D eigenvalue weighted by molar-refractivity contribution is -0.137. The highest BCUT2D eigenvalue weighted by molar-refractivity contribution is 6.12. The van der Waals surface area contributed by atoms with Crippen molar-refractivity contribution in [2.45, 2.75) is 26.9 Å². The first kappa shape index (κ1) is 28.7. The molecule has 0 aliphatic carbocycles. The van der Waals surface area contributed by atoms with Crippen molar-refractivity contribution >= 4 is 43.6 Å². The largest absolute Gasteiger partial charge is 0.416 e. The van der Waals surface area contributed by atoms with Crippen LogP contribution in [0.4, 0.5) is 13.2 Å². The first-order chi connectivity index (χ1) is 22.6. The monoisotopic (exact) mass is 619 g/mol. The van der Waals surface area contributed by atoms with Gasteiger partial charge in [0, 0.05) is 27.1 Å². The number of para-hydroxylation sites is 2. The van der Waals surface area contributed by atoms with E-state index in [1.165, 1.54) is 6.07 Å². The SMILES string of the molecule is Cc1ccc2c3ccccc3n(-c3cc(C#N)cc(-n4c5ccccc5c5ccc(C)cc54)c3-c3ccc(C(F)(F)F)cc3C)c2c1. The minimum Gasteiger partial charge on any atom is -0.308 e. The highest BCUT2D eigenvalue weighted by Crippen LogP contribution is 2.44. The van der Waals surface area contributed by atoms with E-state index in [9.17, 15) is 18.4 Å². The number of fused-ring (bicyclic) bond motifs is 6. The molecule has 0 atom stereocenters. The molecule has 0 unspecified atom stereocenters. The summed E-state index contributed by atoms with van der Waals surface area (Å²) in [6.45, 7) is 5.81. The molecule has 0 aliphatic heterocycles. The zero-order chi connectivity index (χ0) is 32.6. The number of halogens is 3. The number of rotatable bonds is 3. The van der Waals surface area contributed by atoms with Gasteiger partial charge in [-0.05, 0) is 91.6 Å². The van der Waals surface area contributed by atoms with Gasteiger partial charge in [-0.2, -0.15) is 18.4 Å². The molecule has 6 heteroatoms. The lowest BCUT2D eigenvalue weighted by atomic mass is 9.93. The number of benzene rings is 6. The number of nitriles is 1. The molecule has 8 rings (SSSR count). The Labute approximate surface area is 269 Å². The van der Waals surface area contributed by atoms with Crippen molar-refractivity contribution in [1.82, 2.24) is 9.13 Å². The van der Waals surface area contributed by atoms with Gasteiger partial charge in [0.25, 0.3) is 0 Å². The van der Waals surface area contributed by atoms with E-state index in [2.05, 4.69) is 75.9 Å². The Morgan fingerprint density at radius 3 is 1.51 bits per heavy atom. The van der Waals surface area contributed by atoms with Crippen molar-refractivity contribution in [2.75, 3.05) is 0 Å². The second-order valence-electron chi connectivity index (χ2n) is 12.3. The maximum absolute atomic E-state index is 13.9. The Hall–Kier alpha value is -5.80. The lowest BCUT2D eigenvalue weighted by Crippen LogP contribution is -2.08. The molecule has 6 aromatic carbocycles. The second kappa shape index (κ2) is 10.4. The summed E-state index contributed by atoms with van der Waals surface area (Å²) in [4.78, 5) is 0. The van der Waals surface area contributed by atoms with Gasteiger partial charge in [0.05, 0.1) is 50.6 Å². The average molecular weight is 620 g/mol. The van der Waals surface area contributed by atoms with Crippen LogP contribution in [-0.4, -0.2) is 9.13 Å². The van der Waals surface area contributed by atoms with Gasteiger partial charge in [0.1, 0.15) is 0 Å². The molecule has 2 aromatic heterocycles. The molecule has 0 radical (unpaired) electrons. The smallest absolute Gasteiger partial charge is 0.308 e. The van der Waals surface area contributed by atoms with Gasteiger partial charge in [-0.15, -0.1) is 0 Å². The van der Waals surface area contributed by atoms with Crippen molar-refractivity contribution < 1.29 is 13.2 Å². The number of hydrogen-bond donors (Lipinski definition) is 0. The van der Waals surface area contributed by atoms with Crippen LogP contribution in [-0.2, 0) is 6.18 Å². The standard InChI is InChI=1S/C41H28F3N3/c1-24-12-15-32-30-8-4-6-10-34(30)46(36(32)18-24)38-21-27(23-45)22-39(40(38)29-17-14-28(20-26(29)3)41(42,43)44)47-35-11-7-5-9-31(35)33-16-13-25(2)19-37(33)47/h4-22H,1-3H3. The third-order valence-electron chi connectivity index (χ3n) is 9.19. The van der Waals surface area contributed by atoms with Crippen LogP contribution < -0.4 is 0 Å². The molecule has 3 nitrogen and oxygen atoms in total. The Morgan fingerprint density at radius 1 is 0.553 bits per heavy atom. The van der Waals surface area contributed by atoms with E-state index in [0.717, 1.165) is 77.7 Å². The van der Waals surface area contributed by atoms with E-state index >= 15 is 0 Å². The van der Waals surface area contributed by atoms with Gasteiger partial charge in [-0.25, -0.2) is 0 Å². The molecule has 0 saturated heterocycles. The van der Waals surface area contributed by atoms with Crippen LogP contribution in [0, 0.1) is 32.1 Å². The fraction of sp³-hybridized carbons (Fsp3) is 0.0976. The molecule has 2 heterocycles. The number of nitrogens with zero attached hydrogens (tertiary/aromatic N) is 3. The molecule has 0 N–H and O–H groups in total. The molecule has 0 amide bonds. The summed E-state index contributed by atoms with van der Waals surface area (Å²) < 4.78 is 46.1. The van der Waals surface area contributed by atoms with Crippen molar-refractivity contribution in [3.63, 3.8) is 0 Å². The van der Waals surface area contributed by atoms with Gasteiger partial charge in [-0.1, -0.05) is 66.7 Å². The van der Waals surface area contributed by atoms with E-state index in [4.69, 9.17) is 0 Å². The van der Waals surface area contributed by atoms with Crippen LogP contribution in [0.3, 0.4) is 0 Å². The summed E-state index contributed by atoms with van der Waals surface area (Å²) in [5.74, 6) is 0. The van der Waals surface area contributed by atoms with Crippen LogP contribution >= 0.6 is 0 Å². The van der Waals surface area contributed by atoms with Crippen molar-refractivity contribution in [2.24, 2.45) is 0 Å². The maximum Gasteiger partial charge on any atom is 0.416 e. The number of alkyl halides is 3. The van der Waals surface area contributed by atoms with Crippen LogP contribution in [0.5, 0.6) is 0 Å². The quantitative estimate of drug-likeness (QED) is 0.194. The number of aryl methyl sites for hydroxylation is 3. The highest BCUT2D eigenvalue weighted by atomic mass is 19.4. The summed E-state index contributed by atoms with van der Waals surface area (Å²) in [5.41, 5.74) is 9.01. The summed E-state index contributed by atoms with van der Waals surface area (Å²) >= 11 is 0.